The first-order chi connectivity index (χ1) is 5.87. The second kappa shape index (κ2) is 9.21. The fourth-order valence-corrected chi connectivity index (χ4v) is 1.05. The van der Waals surface area contributed by atoms with Crippen LogP contribution < -0.4 is 18.1 Å². The molecule has 0 radical (unpaired) electrons. The standard InChI is InChI=1S/C9H21N2O2.2ClH/c1-11(2,3)7-5-6-8(10)9(12)13-4;;/h8H,5-7,10H2,1-4H3;2*1H/q+1;;/p-1/t8-;;/m0../s1. The Hall–Kier alpha value is -0.0300. The van der Waals surface area contributed by atoms with Crippen LogP contribution in [0.5, 0.6) is 0 Å². The lowest BCUT2D eigenvalue weighted by molar-refractivity contribution is -0.870. The van der Waals surface area contributed by atoms with E-state index in [0.29, 0.717) is 6.42 Å². The molecule has 4 nitrogen and oxygen atoms in total. The summed E-state index contributed by atoms with van der Waals surface area (Å²) in [4.78, 5) is 10.9. The highest BCUT2D eigenvalue weighted by molar-refractivity contribution is 5.85. The summed E-state index contributed by atoms with van der Waals surface area (Å²) in [5.41, 5.74) is 5.58. The van der Waals surface area contributed by atoms with Crippen LogP contribution in [0.2, 0.25) is 0 Å². The second-order valence-corrected chi connectivity index (χ2v) is 4.29. The van der Waals surface area contributed by atoms with E-state index in [4.69, 9.17) is 5.73 Å². The second-order valence-electron chi connectivity index (χ2n) is 4.29. The molecule has 15 heavy (non-hydrogen) atoms. The molecule has 0 saturated carbocycles. The van der Waals surface area contributed by atoms with Crippen LogP contribution in [0, 0.1) is 0 Å². The maximum absolute atomic E-state index is 10.9. The summed E-state index contributed by atoms with van der Waals surface area (Å²) in [5.74, 6) is -0.318. The van der Waals surface area contributed by atoms with E-state index in [-0.39, 0.29) is 30.8 Å². The first-order valence-electron chi connectivity index (χ1n) is 4.50. The van der Waals surface area contributed by atoms with Gasteiger partial charge in [-0.2, -0.15) is 0 Å². The van der Waals surface area contributed by atoms with Crippen LogP contribution in [0.25, 0.3) is 0 Å². The highest BCUT2D eigenvalue weighted by Crippen LogP contribution is 2.00. The van der Waals surface area contributed by atoms with Gasteiger partial charge in [0.25, 0.3) is 0 Å². The van der Waals surface area contributed by atoms with Crippen LogP contribution in [0.15, 0.2) is 0 Å². The molecule has 0 bridgehead atoms. The number of nitrogens with two attached hydrogens (primary N) is 1. The van der Waals surface area contributed by atoms with Gasteiger partial charge in [0.1, 0.15) is 6.04 Å². The average Bonchev–Trinajstić information content (AvgIpc) is 2.00. The summed E-state index contributed by atoms with van der Waals surface area (Å²) in [5, 5.41) is 0. The van der Waals surface area contributed by atoms with E-state index in [1.807, 2.05) is 0 Å². The SMILES string of the molecule is COC(=O)[C@@H](N)CCC[N+](C)(C)C.Cl.[Cl-]. The molecular weight excluding hydrogens is 239 g/mol. The average molecular weight is 261 g/mol. The molecule has 0 aliphatic carbocycles. The molecule has 0 aromatic carbocycles. The molecular formula is C9H22Cl2N2O2. The van der Waals surface area contributed by atoms with Crippen molar-refractivity contribution in [2.45, 2.75) is 18.9 Å². The number of methoxy groups -OCH3 is 1. The Morgan fingerprint density at radius 1 is 1.40 bits per heavy atom. The molecule has 1 atom stereocenters. The van der Waals surface area contributed by atoms with Crippen LogP contribution in [0.4, 0.5) is 0 Å². The third-order valence-corrected chi connectivity index (χ3v) is 1.85. The van der Waals surface area contributed by atoms with Crippen molar-refractivity contribution in [2.75, 3.05) is 34.8 Å². The molecule has 0 aliphatic rings. The van der Waals surface area contributed by atoms with Crippen LogP contribution in [0.3, 0.4) is 0 Å². The number of esters is 1. The summed E-state index contributed by atoms with van der Waals surface area (Å²) in [7, 11) is 7.71. The van der Waals surface area contributed by atoms with E-state index in [9.17, 15) is 4.79 Å². The summed E-state index contributed by atoms with van der Waals surface area (Å²) < 4.78 is 5.42. The zero-order chi connectivity index (χ0) is 10.5. The smallest absolute Gasteiger partial charge is 0.322 e. The summed E-state index contributed by atoms with van der Waals surface area (Å²) in [6.45, 7) is 1.02. The topological polar surface area (TPSA) is 52.3 Å². The zero-order valence-corrected chi connectivity index (χ0v) is 11.4. The fraction of sp³-hybridized carbons (Fsp3) is 0.889. The van der Waals surface area contributed by atoms with Crippen molar-refractivity contribution >= 4 is 18.4 Å². The molecule has 0 aromatic rings. The van der Waals surface area contributed by atoms with Crippen molar-refractivity contribution in [3.8, 4) is 0 Å². The van der Waals surface area contributed by atoms with Crippen LogP contribution in [0.1, 0.15) is 12.8 Å². The van der Waals surface area contributed by atoms with Crippen molar-refractivity contribution in [2.24, 2.45) is 5.73 Å². The van der Waals surface area contributed by atoms with Gasteiger partial charge in [0.05, 0.1) is 34.8 Å². The molecule has 0 unspecified atom stereocenters. The largest absolute Gasteiger partial charge is 1.00 e. The molecule has 0 fully saturated rings. The Morgan fingerprint density at radius 2 is 1.87 bits per heavy atom. The van der Waals surface area contributed by atoms with Gasteiger partial charge in [-0.15, -0.1) is 12.4 Å². The number of hydrogen-bond donors (Lipinski definition) is 1. The number of halogens is 2. The van der Waals surface area contributed by atoms with Gasteiger partial charge in [0, 0.05) is 0 Å². The van der Waals surface area contributed by atoms with Crippen molar-refractivity contribution in [1.82, 2.24) is 0 Å². The first-order valence-corrected chi connectivity index (χ1v) is 4.50. The molecule has 94 valence electrons. The van der Waals surface area contributed by atoms with Gasteiger partial charge < -0.3 is 27.4 Å². The Bertz CT molecular complexity index is 172. The van der Waals surface area contributed by atoms with Crippen LogP contribution in [-0.2, 0) is 9.53 Å². The van der Waals surface area contributed by atoms with E-state index < -0.39 is 6.04 Å². The highest BCUT2D eigenvalue weighted by atomic mass is 35.5. The minimum Gasteiger partial charge on any atom is -1.00 e. The number of ether oxygens (including phenoxy) is 1. The molecule has 0 spiro atoms. The summed E-state index contributed by atoms with van der Waals surface area (Å²) in [6.07, 6.45) is 1.64. The number of quaternary nitrogens is 1. The Kier molecular flexibility index (Phi) is 12.5. The minimum absolute atomic E-state index is 0. The van der Waals surface area contributed by atoms with E-state index in [1.165, 1.54) is 7.11 Å². The Labute approximate surface area is 105 Å². The Morgan fingerprint density at radius 3 is 2.20 bits per heavy atom. The van der Waals surface area contributed by atoms with Crippen LogP contribution >= 0.6 is 12.4 Å². The predicted octanol–water partition coefficient (Wildman–Crippen LogP) is -2.60. The number of rotatable bonds is 5. The lowest BCUT2D eigenvalue weighted by Gasteiger charge is -2.24. The van der Waals surface area contributed by atoms with Gasteiger partial charge in [-0.05, 0) is 12.8 Å². The lowest BCUT2D eigenvalue weighted by Crippen LogP contribution is -3.00. The normalized spacial score (nSPS) is 12.1. The van der Waals surface area contributed by atoms with Gasteiger partial charge in [0.2, 0.25) is 0 Å². The number of nitrogens with zero attached hydrogens (tertiary/aromatic N) is 1. The van der Waals surface area contributed by atoms with Gasteiger partial charge in [-0.1, -0.05) is 0 Å². The third kappa shape index (κ3) is 11.9. The molecule has 0 rings (SSSR count). The van der Waals surface area contributed by atoms with Gasteiger partial charge in [-0.3, -0.25) is 4.79 Å². The van der Waals surface area contributed by atoms with Crippen molar-refractivity contribution in [3.63, 3.8) is 0 Å². The lowest BCUT2D eigenvalue weighted by atomic mass is 10.1. The predicted molar refractivity (Wildman–Crippen MR) is 59.4 cm³/mol. The monoisotopic (exact) mass is 260 g/mol. The maximum atomic E-state index is 10.9. The molecule has 0 saturated heterocycles. The molecule has 0 aromatic heterocycles. The molecule has 0 heterocycles. The first kappa shape index (κ1) is 20.4. The van der Waals surface area contributed by atoms with Gasteiger partial charge in [-0.25, -0.2) is 0 Å². The zero-order valence-electron chi connectivity index (χ0n) is 9.83. The fourth-order valence-electron chi connectivity index (χ4n) is 1.05. The van der Waals surface area contributed by atoms with E-state index >= 15 is 0 Å². The van der Waals surface area contributed by atoms with E-state index in [0.717, 1.165) is 17.4 Å². The van der Waals surface area contributed by atoms with E-state index in [2.05, 4.69) is 25.9 Å². The number of hydrogen-bond acceptors (Lipinski definition) is 3. The number of carbonyl (C=O) groups is 1. The number of carbonyl (C=O) groups excluding carboxylic acids is 1. The molecule has 2 N–H and O–H groups in total. The minimum atomic E-state index is -0.462. The van der Waals surface area contributed by atoms with Crippen molar-refractivity contribution in [3.05, 3.63) is 0 Å². The quantitative estimate of drug-likeness (QED) is 0.436. The third-order valence-electron chi connectivity index (χ3n) is 1.85. The van der Waals surface area contributed by atoms with Crippen molar-refractivity contribution < 1.29 is 26.4 Å². The summed E-state index contributed by atoms with van der Waals surface area (Å²) >= 11 is 0. The van der Waals surface area contributed by atoms with Crippen LogP contribution in [-0.4, -0.2) is 51.3 Å². The Balaban J connectivity index is -0.000000720. The molecule has 6 heteroatoms. The summed E-state index contributed by atoms with van der Waals surface area (Å²) in [6, 6.07) is -0.462. The van der Waals surface area contributed by atoms with E-state index in [1.54, 1.807) is 0 Å². The highest BCUT2D eigenvalue weighted by Gasteiger charge is 2.15. The van der Waals surface area contributed by atoms with Crippen molar-refractivity contribution in [1.29, 1.82) is 0 Å². The van der Waals surface area contributed by atoms with Gasteiger partial charge >= 0.3 is 5.97 Å². The van der Waals surface area contributed by atoms with Gasteiger partial charge in [0.15, 0.2) is 0 Å². The molecule has 0 aliphatic heterocycles. The molecule has 0 amide bonds. The maximum Gasteiger partial charge on any atom is 0.322 e.